The summed E-state index contributed by atoms with van der Waals surface area (Å²) in [6.07, 6.45) is 3.51. The maximum absolute atomic E-state index is 9.58. The van der Waals surface area contributed by atoms with Gasteiger partial charge in [-0.1, -0.05) is 0 Å². The molecule has 4 heteroatoms. The van der Waals surface area contributed by atoms with E-state index in [-0.39, 0.29) is 30.7 Å². The van der Waals surface area contributed by atoms with Crippen molar-refractivity contribution in [3.05, 3.63) is 0 Å². The second-order valence-electron chi connectivity index (χ2n) is 5.32. The lowest BCUT2D eigenvalue weighted by Crippen LogP contribution is -2.44. The first-order valence-corrected chi connectivity index (χ1v) is 6.70. The predicted octanol–water partition coefficient (Wildman–Crippen LogP) is 1.84. The van der Waals surface area contributed by atoms with Gasteiger partial charge in [-0.05, 0) is 40.0 Å². The van der Waals surface area contributed by atoms with Gasteiger partial charge in [-0.3, -0.25) is 0 Å². The minimum Gasteiger partial charge on any atom is -0.390 e. The lowest BCUT2D eigenvalue weighted by molar-refractivity contribution is -0.259. The van der Waals surface area contributed by atoms with E-state index in [9.17, 15) is 5.11 Å². The fraction of sp³-hybridized carbons (Fsp3) is 1.00. The van der Waals surface area contributed by atoms with Crippen LogP contribution in [0.2, 0.25) is 0 Å². The highest BCUT2D eigenvalue weighted by molar-refractivity contribution is 4.77. The molecule has 6 atom stereocenters. The minimum atomic E-state index is -0.352. The van der Waals surface area contributed by atoms with Gasteiger partial charge in [0, 0.05) is 6.42 Å². The molecule has 0 aromatic carbocycles. The summed E-state index contributed by atoms with van der Waals surface area (Å²) in [6, 6.07) is 0. The maximum atomic E-state index is 9.58. The molecule has 2 fully saturated rings. The van der Waals surface area contributed by atoms with Crippen molar-refractivity contribution in [2.24, 2.45) is 0 Å². The molecule has 1 N–H and O–H groups in total. The van der Waals surface area contributed by atoms with Crippen LogP contribution < -0.4 is 0 Å². The Balaban J connectivity index is 1.81. The quantitative estimate of drug-likeness (QED) is 0.805. The van der Waals surface area contributed by atoms with Crippen molar-refractivity contribution < 1.29 is 19.3 Å². The van der Waals surface area contributed by atoms with E-state index >= 15 is 0 Å². The van der Waals surface area contributed by atoms with Crippen molar-refractivity contribution >= 4 is 0 Å². The number of hydrogen-bond donors (Lipinski definition) is 1. The lowest BCUT2D eigenvalue weighted by atomic mass is 10.0. The molecule has 0 aliphatic carbocycles. The zero-order chi connectivity index (χ0) is 12.4. The second kappa shape index (κ2) is 5.65. The average molecular weight is 244 g/mol. The Morgan fingerprint density at radius 2 is 1.71 bits per heavy atom. The molecule has 100 valence electrons. The highest BCUT2D eigenvalue weighted by Crippen LogP contribution is 2.27. The van der Waals surface area contributed by atoms with Crippen LogP contribution >= 0.6 is 0 Å². The summed E-state index contributed by atoms with van der Waals surface area (Å²) in [5, 5.41) is 9.58. The zero-order valence-electron chi connectivity index (χ0n) is 11.0. The topological polar surface area (TPSA) is 47.9 Å². The Morgan fingerprint density at radius 1 is 0.941 bits per heavy atom. The van der Waals surface area contributed by atoms with E-state index in [0.29, 0.717) is 6.10 Å². The van der Waals surface area contributed by atoms with E-state index in [4.69, 9.17) is 14.2 Å². The molecule has 2 rings (SSSR count). The Kier molecular flexibility index (Phi) is 4.42. The third kappa shape index (κ3) is 3.41. The van der Waals surface area contributed by atoms with Gasteiger partial charge in [0.05, 0.1) is 30.5 Å². The first-order valence-electron chi connectivity index (χ1n) is 6.70. The smallest absolute Gasteiger partial charge is 0.158 e. The molecular weight excluding hydrogens is 220 g/mol. The van der Waals surface area contributed by atoms with Crippen molar-refractivity contribution in [3.8, 4) is 0 Å². The van der Waals surface area contributed by atoms with Gasteiger partial charge in [0.1, 0.15) is 0 Å². The first kappa shape index (κ1) is 13.3. The van der Waals surface area contributed by atoms with E-state index in [1.807, 2.05) is 6.92 Å². The summed E-state index contributed by atoms with van der Waals surface area (Å²) in [5.41, 5.74) is 0. The molecule has 0 spiro atoms. The largest absolute Gasteiger partial charge is 0.390 e. The van der Waals surface area contributed by atoms with Crippen LogP contribution in [-0.2, 0) is 14.2 Å². The van der Waals surface area contributed by atoms with E-state index in [1.54, 1.807) is 0 Å². The Bertz CT molecular complexity index is 246. The van der Waals surface area contributed by atoms with Crippen LogP contribution in [0.15, 0.2) is 0 Å². The van der Waals surface area contributed by atoms with E-state index in [0.717, 1.165) is 25.7 Å². The molecule has 0 bridgehead atoms. The molecule has 0 saturated carbocycles. The van der Waals surface area contributed by atoms with Crippen LogP contribution in [0.5, 0.6) is 0 Å². The van der Waals surface area contributed by atoms with Crippen LogP contribution in [0, 0.1) is 0 Å². The highest BCUT2D eigenvalue weighted by Gasteiger charge is 2.33. The summed E-state index contributed by atoms with van der Waals surface area (Å²) in [5.74, 6) is 0. The van der Waals surface area contributed by atoms with E-state index in [2.05, 4.69) is 13.8 Å². The summed E-state index contributed by atoms with van der Waals surface area (Å²) < 4.78 is 17.4. The molecular formula is C13H24O4. The highest BCUT2D eigenvalue weighted by atomic mass is 16.7. The zero-order valence-corrected chi connectivity index (χ0v) is 11.0. The molecule has 2 heterocycles. The third-order valence-electron chi connectivity index (χ3n) is 3.76. The summed E-state index contributed by atoms with van der Waals surface area (Å²) in [7, 11) is 0. The fourth-order valence-corrected chi connectivity index (χ4v) is 2.57. The van der Waals surface area contributed by atoms with Crippen molar-refractivity contribution in [3.63, 3.8) is 0 Å². The number of aliphatic hydroxyl groups is 1. The third-order valence-corrected chi connectivity index (χ3v) is 3.76. The summed E-state index contributed by atoms with van der Waals surface area (Å²) in [6.45, 7) is 6.05. The van der Waals surface area contributed by atoms with Crippen LogP contribution in [0.3, 0.4) is 0 Å². The average Bonchev–Trinajstić information content (AvgIpc) is 2.27. The SMILES string of the molecule is CC1O[C@H](OC2CC[C@@H](C)OC2C)CCC1O. The molecule has 2 aliphatic heterocycles. The monoisotopic (exact) mass is 244 g/mol. The fourth-order valence-electron chi connectivity index (χ4n) is 2.57. The number of hydrogen-bond acceptors (Lipinski definition) is 4. The number of ether oxygens (including phenoxy) is 3. The van der Waals surface area contributed by atoms with Crippen LogP contribution in [-0.4, -0.2) is 41.9 Å². The Labute approximate surface area is 103 Å². The standard InChI is InChI=1S/C13H24O4/c1-8-4-6-12(10(3)15-8)17-13-7-5-11(14)9(2)16-13/h8-14H,4-7H2,1-3H3/t8-,9?,10?,11?,12?,13-/m1/s1. The predicted molar refractivity (Wildman–Crippen MR) is 63.7 cm³/mol. The van der Waals surface area contributed by atoms with Crippen molar-refractivity contribution in [2.45, 2.75) is 83.3 Å². The molecule has 4 unspecified atom stereocenters. The number of rotatable bonds is 2. The van der Waals surface area contributed by atoms with Crippen molar-refractivity contribution in [2.75, 3.05) is 0 Å². The van der Waals surface area contributed by atoms with Gasteiger partial charge < -0.3 is 19.3 Å². The molecule has 17 heavy (non-hydrogen) atoms. The van der Waals surface area contributed by atoms with E-state index < -0.39 is 0 Å². The Morgan fingerprint density at radius 3 is 2.35 bits per heavy atom. The molecule has 0 aromatic rings. The van der Waals surface area contributed by atoms with Crippen molar-refractivity contribution in [1.82, 2.24) is 0 Å². The molecule has 2 saturated heterocycles. The molecule has 2 aliphatic rings. The summed E-state index contributed by atoms with van der Waals surface area (Å²) in [4.78, 5) is 0. The minimum absolute atomic E-state index is 0.124. The normalized spacial score (nSPS) is 48.0. The maximum Gasteiger partial charge on any atom is 0.158 e. The first-order chi connectivity index (χ1) is 8.06. The van der Waals surface area contributed by atoms with Crippen LogP contribution in [0.25, 0.3) is 0 Å². The lowest BCUT2D eigenvalue weighted by Gasteiger charge is -2.38. The molecule has 0 amide bonds. The van der Waals surface area contributed by atoms with Crippen LogP contribution in [0.4, 0.5) is 0 Å². The van der Waals surface area contributed by atoms with Gasteiger partial charge in [-0.15, -0.1) is 0 Å². The van der Waals surface area contributed by atoms with Crippen molar-refractivity contribution in [1.29, 1.82) is 0 Å². The molecule has 4 nitrogen and oxygen atoms in total. The second-order valence-corrected chi connectivity index (χ2v) is 5.32. The van der Waals surface area contributed by atoms with E-state index in [1.165, 1.54) is 0 Å². The molecule has 0 radical (unpaired) electrons. The van der Waals surface area contributed by atoms with Gasteiger partial charge in [0.25, 0.3) is 0 Å². The summed E-state index contributed by atoms with van der Waals surface area (Å²) >= 11 is 0. The van der Waals surface area contributed by atoms with Gasteiger partial charge in [-0.2, -0.15) is 0 Å². The van der Waals surface area contributed by atoms with Gasteiger partial charge in [-0.25, -0.2) is 0 Å². The molecule has 0 aromatic heterocycles. The van der Waals surface area contributed by atoms with Gasteiger partial charge in [0.2, 0.25) is 0 Å². The Hall–Kier alpha value is -0.160. The van der Waals surface area contributed by atoms with Crippen LogP contribution in [0.1, 0.15) is 46.5 Å². The van der Waals surface area contributed by atoms with Gasteiger partial charge in [0.15, 0.2) is 6.29 Å². The number of aliphatic hydroxyl groups excluding tert-OH is 1. The van der Waals surface area contributed by atoms with Gasteiger partial charge >= 0.3 is 0 Å².